The molecule has 0 fully saturated rings. The number of benzene rings is 3. The van der Waals surface area contributed by atoms with Gasteiger partial charge in [-0.05, 0) is 48.0 Å². The molecule has 4 aromatic rings. The van der Waals surface area contributed by atoms with Crippen LogP contribution in [0.5, 0.6) is 0 Å². The summed E-state index contributed by atoms with van der Waals surface area (Å²) in [6, 6.07) is 21.6. The van der Waals surface area contributed by atoms with E-state index in [2.05, 4.69) is 5.32 Å². The molecule has 5 nitrogen and oxygen atoms in total. The van der Waals surface area contributed by atoms with Crippen LogP contribution in [0.2, 0.25) is 10.0 Å². The first-order valence-corrected chi connectivity index (χ1v) is 10.9. The van der Waals surface area contributed by atoms with Gasteiger partial charge in [-0.2, -0.15) is 9.59 Å². The molecule has 0 aliphatic rings. The summed E-state index contributed by atoms with van der Waals surface area (Å²) in [4.78, 5) is 42.1. The molecule has 1 N–H and O–H groups in total. The van der Waals surface area contributed by atoms with Crippen molar-refractivity contribution in [3.05, 3.63) is 98.8 Å². The zero-order chi connectivity index (χ0) is 23.1. The predicted molar refractivity (Wildman–Crippen MR) is 126 cm³/mol. The topological polar surface area (TPSA) is 80.3 Å². The second-order valence-electron chi connectivity index (χ2n) is 6.59. The monoisotopic (exact) mass is 483 g/mol. The van der Waals surface area contributed by atoms with Crippen molar-refractivity contribution in [2.45, 2.75) is 6.42 Å². The molecule has 8 heteroatoms. The smallest absolute Gasteiger partial charge is 0.322 e. The van der Waals surface area contributed by atoms with Gasteiger partial charge in [-0.15, -0.1) is 11.3 Å². The number of hydrogen-bond donors (Lipinski definition) is 1. The molecule has 0 aliphatic carbocycles. The lowest BCUT2D eigenvalue weighted by Gasteiger charge is -2.07. The van der Waals surface area contributed by atoms with Crippen molar-refractivity contribution in [3.8, 4) is 0 Å². The summed E-state index contributed by atoms with van der Waals surface area (Å²) in [6.45, 7) is 0. The number of carbonyl (C=O) groups excluding carboxylic acids is 4. The predicted octanol–water partition coefficient (Wildman–Crippen LogP) is 6.30. The molecule has 0 bridgehead atoms. The van der Waals surface area contributed by atoms with Crippen LogP contribution in [0.1, 0.15) is 25.6 Å². The summed E-state index contributed by atoms with van der Waals surface area (Å²) >= 11 is 13.7. The van der Waals surface area contributed by atoms with Gasteiger partial charge in [0.25, 0.3) is 5.91 Å². The molecule has 160 valence electrons. The number of ketones is 1. The fourth-order valence-corrected chi connectivity index (χ4v) is 4.62. The van der Waals surface area contributed by atoms with E-state index >= 15 is 0 Å². The molecule has 0 spiro atoms. The first-order valence-electron chi connectivity index (χ1n) is 9.28. The zero-order valence-corrected chi connectivity index (χ0v) is 18.8. The highest BCUT2D eigenvalue weighted by atomic mass is 35.5. The lowest BCUT2D eigenvalue weighted by Crippen LogP contribution is -2.12. The highest BCUT2D eigenvalue weighted by Crippen LogP contribution is 2.35. The Balaban J connectivity index is 0.000000913. The minimum atomic E-state index is -0.249. The Bertz CT molecular complexity index is 1310. The van der Waals surface area contributed by atoms with E-state index in [1.54, 1.807) is 42.5 Å². The first-order chi connectivity index (χ1) is 15.4. The second kappa shape index (κ2) is 10.8. The minimum absolute atomic E-state index is 0.0635. The second-order valence-corrected chi connectivity index (χ2v) is 8.45. The van der Waals surface area contributed by atoms with Crippen molar-refractivity contribution in [1.82, 2.24) is 0 Å². The van der Waals surface area contributed by atoms with E-state index in [0.29, 0.717) is 26.2 Å². The van der Waals surface area contributed by atoms with Gasteiger partial charge in [-0.25, -0.2) is 0 Å². The maximum Gasteiger partial charge on any atom is 0.373 e. The number of fused-ring (bicyclic) bond motifs is 1. The van der Waals surface area contributed by atoms with Gasteiger partial charge in [0.1, 0.15) is 0 Å². The third-order valence-electron chi connectivity index (χ3n) is 4.44. The van der Waals surface area contributed by atoms with Gasteiger partial charge in [0, 0.05) is 32.8 Å². The molecule has 32 heavy (non-hydrogen) atoms. The highest BCUT2D eigenvalue weighted by molar-refractivity contribution is 7.21. The van der Waals surface area contributed by atoms with Crippen molar-refractivity contribution in [3.63, 3.8) is 0 Å². The van der Waals surface area contributed by atoms with E-state index in [4.69, 9.17) is 32.8 Å². The van der Waals surface area contributed by atoms with Crippen LogP contribution in [0.25, 0.3) is 10.1 Å². The van der Waals surface area contributed by atoms with Crippen LogP contribution in [0.3, 0.4) is 0 Å². The summed E-state index contributed by atoms with van der Waals surface area (Å²) in [6.07, 6.45) is 0.425. The van der Waals surface area contributed by atoms with Crippen molar-refractivity contribution in [2.24, 2.45) is 0 Å². The van der Waals surface area contributed by atoms with E-state index in [9.17, 15) is 9.59 Å². The summed E-state index contributed by atoms with van der Waals surface area (Å²) in [5, 5.41) is 4.80. The quantitative estimate of drug-likeness (QED) is 0.337. The first kappa shape index (κ1) is 23.4. The Labute approximate surface area is 197 Å². The largest absolute Gasteiger partial charge is 0.373 e. The molecule has 3 aromatic carbocycles. The van der Waals surface area contributed by atoms with E-state index in [1.807, 2.05) is 30.3 Å². The average Bonchev–Trinajstić information content (AvgIpc) is 3.13. The van der Waals surface area contributed by atoms with Gasteiger partial charge in [-0.1, -0.05) is 53.5 Å². The van der Waals surface area contributed by atoms with Gasteiger partial charge in [0.2, 0.25) is 0 Å². The Kier molecular flexibility index (Phi) is 7.92. The van der Waals surface area contributed by atoms with Crippen LogP contribution in [-0.4, -0.2) is 17.8 Å². The molecule has 0 saturated heterocycles. The van der Waals surface area contributed by atoms with Crippen molar-refractivity contribution in [1.29, 1.82) is 0 Å². The van der Waals surface area contributed by atoms with Crippen LogP contribution in [0, 0.1) is 0 Å². The van der Waals surface area contributed by atoms with Gasteiger partial charge < -0.3 is 5.32 Å². The summed E-state index contributed by atoms with van der Waals surface area (Å²) in [7, 11) is 0. The Morgan fingerprint density at radius 1 is 0.906 bits per heavy atom. The highest BCUT2D eigenvalue weighted by Gasteiger charge is 2.18. The molecule has 4 rings (SSSR count). The number of rotatable bonds is 5. The fraction of sp³-hybridized carbons (Fsp3) is 0.0417. The Morgan fingerprint density at radius 2 is 1.59 bits per heavy atom. The Hall–Kier alpha value is -3.28. The molecular formula is C24H15Cl2NO4S. The third kappa shape index (κ3) is 5.69. The van der Waals surface area contributed by atoms with Crippen LogP contribution >= 0.6 is 34.5 Å². The molecule has 0 saturated carbocycles. The van der Waals surface area contributed by atoms with E-state index in [-0.39, 0.29) is 24.3 Å². The fourth-order valence-electron chi connectivity index (χ4n) is 3.02. The SMILES string of the molecule is O=C(Nc1ccc(Cl)cc1)c1cccc(CC(=O)c2sc3ccccc3c2Cl)c1.O=C=O. The van der Waals surface area contributed by atoms with E-state index < -0.39 is 0 Å². The van der Waals surface area contributed by atoms with Gasteiger partial charge in [-0.3, -0.25) is 9.59 Å². The summed E-state index contributed by atoms with van der Waals surface area (Å²) in [5.41, 5.74) is 1.89. The number of hydrogen-bond acceptors (Lipinski definition) is 5. The number of anilines is 1. The van der Waals surface area contributed by atoms with Crippen molar-refractivity contribution >= 4 is 68.2 Å². The number of nitrogens with one attached hydrogen (secondary N) is 1. The number of thiophene rings is 1. The van der Waals surface area contributed by atoms with Crippen LogP contribution in [-0.2, 0) is 16.0 Å². The molecule has 1 amide bonds. The molecule has 1 heterocycles. The van der Waals surface area contributed by atoms with Crippen LogP contribution in [0.15, 0.2) is 72.8 Å². The molecular weight excluding hydrogens is 469 g/mol. The molecule has 0 aliphatic heterocycles. The maximum absolute atomic E-state index is 12.8. The maximum atomic E-state index is 12.8. The van der Waals surface area contributed by atoms with Crippen molar-refractivity contribution in [2.75, 3.05) is 5.32 Å². The molecule has 1 aromatic heterocycles. The molecule has 0 radical (unpaired) electrons. The van der Waals surface area contributed by atoms with E-state index in [1.165, 1.54) is 11.3 Å². The Morgan fingerprint density at radius 3 is 2.28 bits per heavy atom. The number of Topliss-reactive ketones (excluding diaryl/α,β-unsaturated/α-hetero) is 1. The summed E-state index contributed by atoms with van der Waals surface area (Å²) in [5.74, 6) is -0.312. The van der Waals surface area contributed by atoms with Gasteiger partial charge in [0.05, 0.1) is 9.90 Å². The third-order valence-corrected chi connectivity index (χ3v) is 6.41. The summed E-state index contributed by atoms with van der Waals surface area (Å²) < 4.78 is 0.983. The minimum Gasteiger partial charge on any atom is -0.322 e. The lowest BCUT2D eigenvalue weighted by molar-refractivity contribution is -0.191. The van der Waals surface area contributed by atoms with Gasteiger partial charge in [0.15, 0.2) is 5.78 Å². The standard InChI is InChI=1S/C23H15Cl2NO2S.CO2/c24-16-8-10-17(11-9-16)26-23(28)15-5-3-4-14(12-15)13-19(27)22-21(25)18-6-1-2-7-20(18)29-22;2-1-3/h1-12H,13H2,(H,26,28);. The molecule has 0 atom stereocenters. The molecule has 0 unspecified atom stereocenters. The zero-order valence-electron chi connectivity index (χ0n) is 16.4. The van der Waals surface area contributed by atoms with Crippen LogP contribution < -0.4 is 5.32 Å². The average molecular weight is 484 g/mol. The number of amides is 1. The number of carbonyl (C=O) groups is 2. The number of halogens is 2. The van der Waals surface area contributed by atoms with E-state index in [0.717, 1.165) is 15.6 Å². The van der Waals surface area contributed by atoms with Crippen LogP contribution in [0.4, 0.5) is 5.69 Å². The normalized spacial score (nSPS) is 10.1. The lowest BCUT2D eigenvalue weighted by atomic mass is 10.0. The van der Waals surface area contributed by atoms with Crippen molar-refractivity contribution < 1.29 is 19.2 Å². The van der Waals surface area contributed by atoms with Gasteiger partial charge >= 0.3 is 6.15 Å².